The van der Waals surface area contributed by atoms with Gasteiger partial charge in [-0.2, -0.15) is 8.78 Å². The van der Waals surface area contributed by atoms with Gasteiger partial charge in [-0.15, -0.1) is 11.3 Å². The smallest absolute Gasteiger partial charge is 0.341 e. The Morgan fingerprint density at radius 3 is 2.39 bits per heavy atom. The van der Waals surface area contributed by atoms with Gasteiger partial charge in [0.25, 0.3) is 5.91 Å². The fraction of sp³-hybridized carbons (Fsp3) is 0.586. The number of nitrogens with zero attached hydrogens (tertiary/aromatic N) is 3. The van der Waals surface area contributed by atoms with Crippen LogP contribution < -0.4 is 5.32 Å². The fourth-order valence-corrected chi connectivity index (χ4v) is 9.11. The second-order valence-corrected chi connectivity index (χ2v) is 16.0. The van der Waals surface area contributed by atoms with Crippen LogP contribution in [0.15, 0.2) is 24.3 Å². The van der Waals surface area contributed by atoms with Crippen molar-refractivity contribution in [1.29, 1.82) is 0 Å². The lowest BCUT2D eigenvalue weighted by Gasteiger charge is -2.60. The number of amides is 4. The van der Waals surface area contributed by atoms with E-state index < -0.39 is 36.8 Å². The molecule has 15 heteroatoms. The molecule has 1 saturated carbocycles. The molecular formula is C29H33F2N4O7PS. The largest absolute Gasteiger partial charge is 0.399 e. The molecule has 7 rings (SSSR count). The number of benzene rings is 1. The number of fused-ring (bicyclic) bond motifs is 3. The van der Waals surface area contributed by atoms with Crippen LogP contribution >= 0.6 is 18.9 Å². The second kappa shape index (κ2) is 10.0. The van der Waals surface area contributed by atoms with E-state index in [-0.39, 0.29) is 39.4 Å². The molecule has 3 N–H and O–H groups in total. The van der Waals surface area contributed by atoms with Crippen molar-refractivity contribution in [2.75, 3.05) is 26.2 Å². The summed E-state index contributed by atoms with van der Waals surface area (Å²) >= 11 is 1.03. The zero-order valence-corrected chi connectivity index (χ0v) is 25.7. The number of rotatable bonds is 5. The standard InChI is InChI=1S/C29H33F2N4O7PS/c1-15(36)33-11-28(12-33)13-34(14-28)27(39)22-4-3-20-8-16-6-17(16)9-21(26(38)35(20)22)32-25(37)24-10-18-7-19(2-5-23(18)44-24)29(30,31)43(40,41)42/h2,5,7,10,16-17,20-22H,3-4,6,8-9,11-14H2,1H3,(H,32,37)(H2,40,41,42)/t16-,17+,20-,21+,22+/m1/s1. The molecule has 1 spiro atoms. The molecule has 1 aliphatic carbocycles. The van der Waals surface area contributed by atoms with E-state index in [1.54, 1.807) is 14.7 Å². The third-order valence-corrected chi connectivity index (χ3v) is 12.2. The monoisotopic (exact) mass is 650 g/mol. The highest BCUT2D eigenvalue weighted by Crippen LogP contribution is 2.59. The maximum atomic E-state index is 14.3. The van der Waals surface area contributed by atoms with Crippen molar-refractivity contribution in [2.45, 2.75) is 62.8 Å². The minimum atomic E-state index is -5.75. The molecule has 0 bridgehead atoms. The van der Waals surface area contributed by atoms with Crippen LogP contribution in [0, 0.1) is 17.3 Å². The van der Waals surface area contributed by atoms with Crippen LogP contribution in [0.2, 0.25) is 0 Å². The van der Waals surface area contributed by atoms with Gasteiger partial charge in [-0.05, 0) is 67.5 Å². The molecule has 1 aromatic carbocycles. The third-order valence-electron chi connectivity index (χ3n) is 10.1. The lowest BCUT2D eigenvalue weighted by atomic mass is 9.72. The molecule has 4 aliphatic heterocycles. The van der Waals surface area contributed by atoms with Gasteiger partial charge in [-0.1, -0.05) is 6.07 Å². The van der Waals surface area contributed by atoms with Gasteiger partial charge >= 0.3 is 13.3 Å². The van der Waals surface area contributed by atoms with Crippen molar-refractivity contribution in [3.05, 3.63) is 34.7 Å². The van der Waals surface area contributed by atoms with Crippen LogP contribution in [-0.2, 0) is 24.6 Å². The Balaban J connectivity index is 1.07. The van der Waals surface area contributed by atoms with E-state index >= 15 is 0 Å². The Labute approximate surface area is 255 Å². The Kier molecular flexibility index (Phi) is 6.79. The van der Waals surface area contributed by atoms with Crippen LogP contribution in [0.3, 0.4) is 0 Å². The van der Waals surface area contributed by atoms with Crippen LogP contribution in [0.4, 0.5) is 8.78 Å². The summed E-state index contributed by atoms with van der Waals surface area (Å²) in [4.78, 5) is 76.3. The minimum Gasteiger partial charge on any atom is -0.341 e. The second-order valence-electron chi connectivity index (χ2n) is 13.3. The lowest BCUT2D eigenvalue weighted by molar-refractivity contribution is -0.171. The first-order valence-corrected chi connectivity index (χ1v) is 17.2. The quantitative estimate of drug-likeness (QED) is 0.422. The summed E-state index contributed by atoms with van der Waals surface area (Å²) in [5.41, 5.74) is -5.27. The predicted molar refractivity (Wildman–Crippen MR) is 155 cm³/mol. The number of halogens is 2. The molecule has 11 nitrogen and oxygen atoms in total. The first-order chi connectivity index (χ1) is 20.7. The van der Waals surface area contributed by atoms with Gasteiger partial charge < -0.3 is 29.8 Å². The van der Waals surface area contributed by atoms with Gasteiger partial charge in [-0.25, -0.2) is 0 Å². The maximum Gasteiger partial charge on any atom is 0.399 e. The molecule has 4 amide bonds. The molecular weight excluding hydrogens is 617 g/mol. The van der Waals surface area contributed by atoms with Gasteiger partial charge in [-0.3, -0.25) is 23.7 Å². The van der Waals surface area contributed by atoms with Gasteiger partial charge in [0, 0.05) is 54.8 Å². The van der Waals surface area contributed by atoms with E-state index in [1.807, 2.05) is 0 Å². The highest BCUT2D eigenvalue weighted by Gasteiger charge is 2.57. The first kappa shape index (κ1) is 29.8. The van der Waals surface area contributed by atoms with E-state index in [1.165, 1.54) is 19.1 Å². The van der Waals surface area contributed by atoms with Gasteiger partial charge in [0.05, 0.1) is 4.88 Å². The SMILES string of the molecule is CC(=O)N1CC2(C1)CN(C(=O)[C@@H]1CC[C@@H]3C[C@H]4C[C@H]4C[C@H](NC(=O)c4cc5cc(C(F)(F)P(=O)(O)O)ccc5s4)C(=O)N31)C2. The van der Waals surface area contributed by atoms with Crippen LogP contribution in [-0.4, -0.2) is 92.4 Å². The van der Waals surface area contributed by atoms with E-state index in [2.05, 4.69) is 5.32 Å². The summed E-state index contributed by atoms with van der Waals surface area (Å²) in [5.74, 6) is -0.150. The number of hydrogen-bond acceptors (Lipinski definition) is 6. The molecule has 4 saturated heterocycles. The summed E-state index contributed by atoms with van der Waals surface area (Å²) in [6, 6.07) is 3.05. The van der Waals surface area contributed by atoms with E-state index in [0.29, 0.717) is 55.6 Å². The number of carbonyl (C=O) groups is 4. The van der Waals surface area contributed by atoms with Crippen molar-refractivity contribution in [2.24, 2.45) is 17.3 Å². The van der Waals surface area contributed by atoms with E-state index in [4.69, 9.17) is 9.79 Å². The molecule has 5 atom stereocenters. The maximum absolute atomic E-state index is 14.3. The molecule has 236 valence electrons. The Hall–Kier alpha value is -2.93. The molecule has 1 aromatic heterocycles. The van der Waals surface area contributed by atoms with Crippen molar-refractivity contribution in [3.63, 3.8) is 0 Å². The number of nitrogens with one attached hydrogen (secondary N) is 1. The highest BCUT2D eigenvalue weighted by molar-refractivity contribution is 7.52. The number of likely N-dealkylation sites (tertiary alicyclic amines) is 2. The summed E-state index contributed by atoms with van der Waals surface area (Å²) in [5, 5.41) is 3.09. The topological polar surface area (TPSA) is 148 Å². The van der Waals surface area contributed by atoms with Gasteiger partial charge in [0.2, 0.25) is 17.7 Å². The van der Waals surface area contributed by atoms with E-state index in [9.17, 15) is 32.5 Å². The molecule has 5 fully saturated rings. The molecule has 0 radical (unpaired) electrons. The summed E-state index contributed by atoms with van der Waals surface area (Å²) < 4.78 is 40.3. The lowest BCUT2D eigenvalue weighted by Crippen LogP contribution is -2.74. The summed E-state index contributed by atoms with van der Waals surface area (Å²) in [7, 11) is -5.75. The molecule has 0 unspecified atom stereocenters. The Morgan fingerprint density at radius 2 is 1.70 bits per heavy atom. The van der Waals surface area contributed by atoms with Crippen molar-refractivity contribution in [1.82, 2.24) is 20.0 Å². The van der Waals surface area contributed by atoms with Crippen molar-refractivity contribution >= 4 is 52.6 Å². The number of carbonyl (C=O) groups excluding carboxylic acids is 4. The summed E-state index contributed by atoms with van der Waals surface area (Å²) in [6.07, 6.45) is 3.55. The zero-order valence-electron chi connectivity index (χ0n) is 23.9. The van der Waals surface area contributed by atoms with E-state index in [0.717, 1.165) is 42.7 Å². The van der Waals surface area contributed by atoms with Crippen LogP contribution in [0.25, 0.3) is 10.1 Å². The molecule has 5 aliphatic rings. The average Bonchev–Trinajstić information content (AvgIpc) is 3.27. The third kappa shape index (κ3) is 4.85. The number of thiophene rings is 1. The van der Waals surface area contributed by atoms with Gasteiger partial charge in [0.15, 0.2) is 0 Å². The first-order valence-electron chi connectivity index (χ1n) is 14.8. The van der Waals surface area contributed by atoms with Crippen LogP contribution in [0.5, 0.6) is 0 Å². The van der Waals surface area contributed by atoms with Crippen molar-refractivity contribution < 1.29 is 42.3 Å². The highest BCUT2D eigenvalue weighted by atomic mass is 32.1. The minimum absolute atomic E-state index is 0.0265. The average molecular weight is 651 g/mol. The number of hydrogen-bond donors (Lipinski definition) is 3. The van der Waals surface area contributed by atoms with Crippen molar-refractivity contribution in [3.8, 4) is 0 Å². The fourth-order valence-electron chi connectivity index (χ4n) is 7.69. The zero-order chi connectivity index (χ0) is 31.3. The molecule has 5 heterocycles. The summed E-state index contributed by atoms with van der Waals surface area (Å²) in [6.45, 7) is 3.96. The Morgan fingerprint density at radius 1 is 1.02 bits per heavy atom. The normalized spacial score (nSPS) is 29.3. The molecule has 2 aromatic rings. The van der Waals surface area contributed by atoms with Gasteiger partial charge in [0.1, 0.15) is 12.1 Å². The Bertz CT molecular complexity index is 1630. The number of alkyl halides is 2. The predicted octanol–water partition coefficient (Wildman–Crippen LogP) is 2.71. The van der Waals surface area contributed by atoms with Crippen LogP contribution in [0.1, 0.15) is 54.3 Å². The molecule has 44 heavy (non-hydrogen) atoms.